The maximum Gasteiger partial charge on any atom is 0.306 e. The summed E-state index contributed by atoms with van der Waals surface area (Å²) >= 11 is 0. The van der Waals surface area contributed by atoms with Crippen LogP contribution in [0, 0.1) is 0 Å². The predicted molar refractivity (Wildman–Crippen MR) is 87.2 cm³/mol. The molecule has 1 aromatic rings. The second kappa shape index (κ2) is 9.00. The molecule has 7 heteroatoms. The fourth-order valence-electron chi connectivity index (χ4n) is 2.65. The molecule has 0 radical (unpaired) electrons. The molecule has 24 heavy (non-hydrogen) atoms. The minimum absolute atomic E-state index is 0.0322. The van der Waals surface area contributed by atoms with E-state index in [1.807, 2.05) is 0 Å². The first kappa shape index (κ1) is 17.9. The van der Waals surface area contributed by atoms with Gasteiger partial charge in [0.2, 0.25) is 5.91 Å². The Kier molecular flexibility index (Phi) is 6.72. The summed E-state index contributed by atoms with van der Waals surface area (Å²) in [7, 11) is 0. The van der Waals surface area contributed by atoms with Crippen molar-refractivity contribution in [2.75, 3.05) is 19.7 Å². The van der Waals surface area contributed by atoms with Crippen molar-refractivity contribution in [2.45, 2.75) is 38.6 Å². The zero-order valence-corrected chi connectivity index (χ0v) is 13.9. The molecule has 0 atom stereocenters. The topological polar surface area (TPSA) is 88.6 Å². The van der Waals surface area contributed by atoms with Crippen LogP contribution in [-0.4, -0.2) is 53.4 Å². The van der Waals surface area contributed by atoms with E-state index in [1.54, 1.807) is 36.4 Å². The fraction of sp³-hybridized carbons (Fsp3) is 0.529. The summed E-state index contributed by atoms with van der Waals surface area (Å²) in [5, 5.41) is 2.92. The lowest BCUT2D eigenvalue weighted by Gasteiger charge is -2.32. The molecule has 1 aromatic heterocycles. The highest BCUT2D eigenvalue weighted by molar-refractivity contribution is 5.94. The number of ether oxygens (including phenoxy) is 1. The smallest absolute Gasteiger partial charge is 0.306 e. The first-order valence-electron chi connectivity index (χ1n) is 8.24. The number of hydrogen-bond acceptors (Lipinski definition) is 5. The zero-order chi connectivity index (χ0) is 17.4. The third-order valence-electron chi connectivity index (χ3n) is 3.92. The van der Waals surface area contributed by atoms with Gasteiger partial charge in [-0.1, -0.05) is 0 Å². The Balaban J connectivity index is 1.72. The van der Waals surface area contributed by atoms with Crippen LogP contribution in [-0.2, 0) is 14.3 Å². The van der Waals surface area contributed by atoms with Crippen molar-refractivity contribution in [3.8, 4) is 0 Å². The molecular weight excluding hydrogens is 310 g/mol. The van der Waals surface area contributed by atoms with E-state index in [9.17, 15) is 14.4 Å². The summed E-state index contributed by atoms with van der Waals surface area (Å²) in [5.74, 6) is -0.542. The van der Waals surface area contributed by atoms with Crippen molar-refractivity contribution in [3.63, 3.8) is 0 Å². The molecule has 0 aromatic carbocycles. The Morgan fingerprint density at radius 2 is 2.04 bits per heavy atom. The van der Waals surface area contributed by atoms with Gasteiger partial charge in [0.15, 0.2) is 0 Å². The number of hydrogen-bond donors (Lipinski definition) is 1. The van der Waals surface area contributed by atoms with E-state index in [-0.39, 0.29) is 36.7 Å². The van der Waals surface area contributed by atoms with Crippen LogP contribution < -0.4 is 5.32 Å². The van der Waals surface area contributed by atoms with E-state index in [0.29, 0.717) is 38.1 Å². The molecule has 130 valence electrons. The van der Waals surface area contributed by atoms with Crippen molar-refractivity contribution in [3.05, 3.63) is 30.1 Å². The SMILES string of the molecule is CCOC(=O)CCC(=O)NC1CCN(C(=O)c2cccnc2)CC1. The molecule has 2 heterocycles. The van der Waals surface area contributed by atoms with Crippen molar-refractivity contribution in [2.24, 2.45) is 0 Å². The maximum atomic E-state index is 12.3. The van der Waals surface area contributed by atoms with Crippen LogP contribution in [0.4, 0.5) is 0 Å². The molecule has 7 nitrogen and oxygen atoms in total. The lowest BCUT2D eigenvalue weighted by Crippen LogP contribution is -2.46. The van der Waals surface area contributed by atoms with Gasteiger partial charge in [-0.25, -0.2) is 0 Å². The van der Waals surface area contributed by atoms with Gasteiger partial charge >= 0.3 is 5.97 Å². The Morgan fingerprint density at radius 3 is 2.67 bits per heavy atom. The Bertz CT molecular complexity index is 568. The summed E-state index contributed by atoms with van der Waals surface area (Å²) in [6.07, 6.45) is 4.83. The summed E-state index contributed by atoms with van der Waals surface area (Å²) in [6, 6.07) is 3.53. The second-order valence-corrected chi connectivity index (χ2v) is 5.68. The molecule has 0 bridgehead atoms. The number of rotatable bonds is 6. The first-order chi connectivity index (χ1) is 11.6. The van der Waals surface area contributed by atoms with Crippen LogP contribution in [0.25, 0.3) is 0 Å². The van der Waals surface area contributed by atoms with Crippen molar-refractivity contribution >= 4 is 17.8 Å². The molecule has 2 amide bonds. The number of piperidine rings is 1. The molecule has 0 unspecified atom stereocenters. The number of likely N-dealkylation sites (tertiary alicyclic amines) is 1. The van der Waals surface area contributed by atoms with Crippen molar-refractivity contribution in [1.82, 2.24) is 15.2 Å². The summed E-state index contributed by atoms with van der Waals surface area (Å²) in [6.45, 7) is 3.25. The molecule has 0 saturated carbocycles. The van der Waals surface area contributed by atoms with E-state index in [2.05, 4.69) is 10.3 Å². The van der Waals surface area contributed by atoms with Crippen LogP contribution in [0.5, 0.6) is 0 Å². The van der Waals surface area contributed by atoms with Crippen LogP contribution in [0.1, 0.15) is 43.0 Å². The Hall–Kier alpha value is -2.44. The monoisotopic (exact) mass is 333 g/mol. The van der Waals surface area contributed by atoms with Gasteiger partial charge in [-0.2, -0.15) is 0 Å². The second-order valence-electron chi connectivity index (χ2n) is 5.68. The Labute approximate surface area is 141 Å². The average Bonchev–Trinajstić information content (AvgIpc) is 2.61. The number of aromatic nitrogens is 1. The molecule has 0 aliphatic carbocycles. The number of amides is 2. The van der Waals surface area contributed by atoms with E-state index in [1.165, 1.54) is 0 Å². The quantitative estimate of drug-likeness (QED) is 0.789. The minimum Gasteiger partial charge on any atom is -0.466 e. The van der Waals surface area contributed by atoms with Gasteiger partial charge in [0, 0.05) is 37.9 Å². The largest absolute Gasteiger partial charge is 0.466 e. The number of carbonyl (C=O) groups excluding carboxylic acids is 3. The Morgan fingerprint density at radius 1 is 1.29 bits per heavy atom. The van der Waals surface area contributed by atoms with Crippen LogP contribution in [0.15, 0.2) is 24.5 Å². The number of nitrogens with one attached hydrogen (secondary N) is 1. The zero-order valence-electron chi connectivity index (χ0n) is 13.9. The molecule has 1 aliphatic heterocycles. The van der Waals surface area contributed by atoms with E-state index in [0.717, 1.165) is 0 Å². The first-order valence-corrected chi connectivity index (χ1v) is 8.24. The molecule has 2 rings (SSSR count). The standard InChI is InChI=1S/C17H23N3O4/c1-2-24-16(22)6-5-15(21)19-14-7-10-20(11-8-14)17(23)13-4-3-9-18-12-13/h3-4,9,12,14H,2,5-8,10-11H2,1H3,(H,19,21). The number of esters is 1. The maximum absolute atomic E-state index is 12.3. The molecule has 1 aliphatic rings. The lowest BCUT2D eigenvalue weighted by molar-refractivity contribution is -0.144. The van der Waals surface area contributed by atoms with Gasteiger partial charge in [-0.05, 0) is 31.9 Å². The van der Waals surface area contributed by atoms with Gasteiger partial charge in [0.1, 0.15) is 0 Å². The normalized spacial score (nSPS) is 15.0. The predicted octanol–water partition coefficient (Wildman–Crippen LogP) is 1.15. The fourth-order valence-corrected chi connectivity index (χ4v) is 2.65. The van der Waals surface area contributed by atoms with Crippen LogP contribution >= 0.6 is 0 Å². The van der Waals surface area contributed by atoms with Gasteiger partial charge in [0.25, 0.3) is 5.91 Å². The molecular formula is C17H23N3O4. The van der Waals surface area contributed by atoms with Crippen molar-refractivity contribution in [1.29, 1.82) is 0 Å². The highest BCUT2D eigenvalue weighted by Crippen LogP contribution is 2.14. The van der Waals surface area contributed by atoms with Gasteiger partial charge < -0.3 is 15.0 Å². The molecule has 1 saturated heterocycles. The van der Waals surface area contributed by atoms with E-state index >= 15 is 0 Å². The summed E-state index contributed by atoms with van der Waals surface area (Å²) in [5.41, 5.74) is 0.578. The van der Waals surface area contributed by atoms with Crippen LogP contribution in [0.2, 0.25) is 0 Å². The number of nitrogens with zero attached hydrogens (tertiary/aromatic N) is 2. The van der Waals surface area contributed by atoms with E-state index < -0.39 is 0 Å². The highest BCUT2D eigenvalue weighted by Gasteiger charge is 2.24. The van der Waals surface area contributed by atoms with Crippen LogP contribution in [0.3, 0.4) is 0 Å². The van der Waals surface area contributed by atoms with Gasteiger partial charge in [0.05, 0.1) is 18.6 Å². The summed E-state index contributed by atoms with van der Waals surface area (Å²) < 4.78 is 4.80. The molecule has 1 N–H and O–H groups in total. The third-order valence-corrected chi connectivity index (χ3v) is 3.92. The van der Waals surface area contributed by atoms with Gasteiger partial charge in [-0.3, -0.25) is 19.4 Å². The number of carbonyl (C=O) groups is 3. The molecule has 1 fully saturated rings. The molecule has 0 spiro atoms. The highest BCUT2D eigenvalue weighted by atomic mass is 16.5. The van der Waals surface area contributed by atoms with E-state index in [4.69, 9.17) is 4.74 Å². The third kappa shape index (κ3) is 5.33. The minimum atomic E-state index is -0.357. The van der Waals surface area contributed by atoms with Crippen molar-refractivity contribution < 1.29 is 19.1 Å². The summed E-state index contributed by atoms with van der Waals surface area (Å²) in [4.78, 5) is 41.1. The lowest BCUT2D eigenvalue weighted by atomic mass is 10.0. The number of pyridine rings is 1. The van der Waals surface area contributed by atoms with Gasteiger partial charge in [-0.15, -0.1) is 0 Å². The average molecular weight is 333 g/mol.